The Morgan fingerprint density at radius 1 is 0.828 bits per heavy atom. The molecule has 29 heavy (non-hydrogen) atoms. The number of rotatable bonds is 6. The van der Waals surface area contributed by atoms with Crippen LogP contribution in [0.4, 0.5) is 5.69 Å². The normalized spacial score (nSPS) is 10.6. The Bertz CT molecular complexity index is 1150. The van der Waals surface area contributed by atoms with Gasteiger partial charge < -0.3 is 10.6 Å². The van der Waals surface area contributed by atoms with E-state index in [-0.39, 0.29) is 11.8 Å². The fourth-order valence-corrected chi connectivity index (χ4v) is 3.88. The van der Waals surface area contributed by atoms with Crippen molar-refractivity contribution in [1.82, 2.24) is 5.32 Å². The molecule has 0 spiro atoms. The van der Waals surface area contributed by atoms with Crippen LogP contribution in [0.3, 0.4) is 0 Å². The van der Waals surface area contributed by atoms with E-state index in [0.29, 0.717) is 22.7 Å². The number of fused-ring (bicyclic) bond motifs is 1. The number of hydrogen-bond donors (Lipinski definition) is 2. The molecule has 0 saturated heterocycles. The first-order valence-corrected chi connectivity index (χ1v) is 10.3. The maximum atomic E-state index is 12.5. The lowest BCUT2D eigenvalue weighted by Crippen LogP contribution is -2.25. The molecule has 0 radical (unpaired) electrons. The van der Waals surface area contributed by atoms with Crippen molar-refractivity contribution in [3.63, 3.8) is 0 Å². The molecule has 0 aliphatic rings. The van der Waals surface area contributed by atoms with Gasteiger partial charge in [-0.3, -0.25) is 9.59 Å². The van der Waals surface area contributed by atoms with E-state index in [2.05, 4.69) is 34.9 Å². The number of hydrogen-bond acceptors (Lipinski definition) is 3. The van der Waals surface area contributed by atoms with E-state index < -0.39 is 0 Å². The molecule has 1 aromatic heterocycles. The molecule has 2 N–H and O–H groups in total. The van der Waals surface area contributed by atoms with E-state index in [0.717, 1.165) is 6.42 Å². The Hall–Kier alpha value is -3.44. The fourth-order valence-electron chi connectivity index (χ4n) is 3.26. The van der Waals surface area contributed by atoms with Crippen LogP contribution in [0, 0.1) is 0 Å². The summed E-state index contributed by atoms with van der Waals surface area (Å²) in [6.07, 6.45) is 0.752. The van der Waals surface area contributed by atoms with Crippen LogP contribution in [0.25, 0.3) is 10.8 Å². The number of amides is 2. The van der Waals surface area contributed by atoms with E-state index in [1.165, 1.54) is 27.7 Å². The van der Waals surface area contributed by atoms with Crippen LogP contribution in [0.5, 0.6) is 0 Å². The molecule has 2 amide bonds. The lowest BCUT2D eigenvalue weighted by atomic mass is 10.0. The molecule has 0 aliphatic heterocycles. The number of nitrogens with one attached hydrogen (secondary N) is 2. The van der Waals surface area contributed by atoms with Gasteiger partial charge in [0.1, 0.15) is 0 Å². The van der Waals surface area contributed by atoms with Gasteiger partial charge in [0, 0.05) is 17.8 Å². The maximum absolute atomic E-state index is 12.5. The summed E-state index contributed by atoms with van der Waals surface area (Å²) in [6.45, 7) is 0.540. The molecule has 4 rings (SSSR count). The van der Waals surface area contributed by atoms with Crippen LogP contribution in [-0.4, -0.2) is 18.4 Å². The second-order valence-corrected chi connectivity index (χ2v) is 7.60. The number of anilines is 1. The van der Waals surface area contributed by atoms with E-state index in [4.69, 9.17) is 0 Å². The van der Waals surface area contributed by atoms with E-state index in [1.807, 2.05) is 29.6 Å². The summed E-state index contributed by atoms with van der Waals surface area (Å²) < 4.78 is 0. The number of carbonyl (C=O) groups is 2. The van der Waals surface area contributed by atoms with Gasteiger partial charge in [0.15, 0.2) is 0 Å². The Labute approximate surface area is 173 Å². The monoisotopic (exact) mass is 400 g/mol. The van der Waals surface area contributed by atoms with Crippen LogP contribution in [0.2, 0.25) is 0 Å². The molecule has 0 bridgehead atoms. The third-order valence-corrected chi connectivity index (χ3v) is 5.56. The molecule has 0 unspecified atom stereocenters. The fraction of sp³-hybridized carbons (Fsp3) is 0.0833. The Morgan fingerprint density at radius 2 is 1.66 bits per heavy atom. The molecule has 4 aromatic rings. The van der Waals surface area contributed by atoms with Gasteiger partial charge >= 0.3 is 0 Å². The number of carbonyl (C=O) groups excluding carboxylic acids is 2. The molecular formula is C24H20N2O2S. The zero-order valence-electron chi connectivity index (χ0n) is 15.7. The minimum atomic E-state index is -0.173. The van der Waals surface area contributed by atoms with E-state index in [1.54, 1.807) is 30.3 Å². The third-order valence-electron chi connectivity index (χ3n) is 4.69. The Kier molecular flexibility index (Phi) is 5.68. The molecule has 1 heterocycles. The minimum absolute atomic E-state index is 0.155. The van der Waals surface area contributed by atoms with Crippen LogP contribution < -0.4 is 10.6 Å². The van der Waals surface area contributed by atoms with Crippen molar-refractivity contribution in [3.05, 3.63) is 100 Å². The lowest BCUT2D eigenvalue weighted by molar-refractivity contribution is 0.0952. The topological polar surface area (TPSA) is 58.2 Å². The molecule has 0 aliphatic carbocycles. The van der Waals surface area contributed by atoms with Crippen molar-refractivity contribution in [3.8, 4) is 0 Å². The van der Waals surface area contributed by atoms with Crippen LogP contribution >= 0.6 is 11.3 Å². The van der Waals surface area contributed by atoms with Gasteiger partial charge in [-0.1, -0.05) is 54.6 Å². The van der Waals surface area contributed by atoms with Gasteiger partial charge in [0.2, 0.25) is 0 Å². The van der Waals surface area contributed by atoms with E-state index >= 15 is 0 Å². The van der Waals surface area contributed by atoms with Crippen molar-refractivity contribution in [2.75, 3.05) is 11.9 Å². The summed E-state index contributed by atoms with van der Waals surface area (Å²) in [5, 5.41) is 10.1. The smallest absolute Gasteiger partial charge is 0.265 e. The van der Waals surface area contributed by atoms with Crippen LogP contribution in [0.1, 0.15) is 25.6 Å². The van der Waals surface area contributed by atoms with Crippen LogP contribution in [0.15, 0.2) is 84.2 Å². The highest BCUT2D eigenvalue weighted by molar-refractivity contribution is 7.12. The maximum Gasteiger partial charge on any atom is 0.265 e. The number of benzene rings is 3. The van der Waals surface area contributed by atoms with Crippen LogP contribution in [-0.2, 0) is 6.42 Å². The third kappa shape index (κ3) is 4.52. The average Bonchev–Trinajstić information content (AvgIpc) is 3.29. The zero-order chi connectivity index (χ0) is 20.1. The van der Waals surface area contributed by atoms with Crippen molar-refractivity contribution >= 4 is 39.6 Å². The largest absolute Gasteiger partial charge is 0.352 e. The average molecular weight is 401 g/mol. The summed E-state index contributed by atoms with van der Waals surface area (Å²) in [5.41, 5.74) is 2.33. The molecule has 5 heteroatoms. The SMILES string of the molecule is O=C(NCCc1cccc2ccccc12)c1cccc(NC(=O)c2cccs2)c1. The van der Waals surface area contributed by atoms with Gasteiger partial charge in [-0.15, -0.1) is 11.3 Å². The summed E-state index contributed by atoms with van der Waals surface area (Å²) in [5.74, 6) is -0.328. The van der Waals surface area contributed by atoms with Crippen molar-refractivity contribution < 1.29 is 9.59 Å². The highest BCUT2D eigenvalue weighted by Gasteiger charge is 2.10. The highest BCUT2D eigenvalue weighted by atomic mass is 32.1. The Morgan fingerprint density at radius 3 is 2.52 bits per heavy atom. The Balaban J connectivity index is 1.38. The minimum Gasteiger partial charge on any atom is -0.352 e. The molecule has 3 aromatic carbocycles. The van der Waals surface area contributed by atoms with Gasteiger partial charge in [-0.25, -0.2) is 0 Å². The molecule has 0 saturated carbocycles. The summed E-state index contributed by atoms with van der Waals surface area (Å²) in [7, 11) is 0. The van der Waals surface area contributed by atoms with Crippen molar-refractivity contribution in [2.24, 2.45) is 0 Å². The van der Waals surface area contributed by atoms with Gasteiger partial charge in [0.05, 0.1) is 4.88 Å². The second-order valence-electron chi connectivity index (χ2n) is 6.66. The molecule has 4 nitrogen and oxygen atoms in total. The van der Waals surface area contributed by atoms with Gasteiger partial charge in [-0.2, -0.15) is 0 Å². The zero-order valence-corrected chi connectivity index (χ0v) is 16.5. The second kappa shape index (κ2) is 8.71. The first-order valence-electron chi connectivity index (χ1n) is 9.40. The lowest BCUT2D eigenvalue weighted by Gasteiger charge is -2.09. The quantitative estimate of drug-likeness (QED) is 0.472. The van der Waals surface area contributed by atoms with Crippen molar-refractivity contribution in [1.29, 1.82) is 0 Å². The van der Waals surface area contributed by atoms with Gasteiger partial charge in [-0.05, 0) is 52.4 Å². The highest BCUT2D eigenvalue weighted by Crippen LogP contribution is 2.19. The summed E-state index contributed by atoms with van der Waals surface area (Å²) >= 11 is 1.38. The molecular weight excluding hydrogens is 380 g/mol. The molecule has 0 atom stereocenters. The van der Waals surface area contributed by atoms with Crippen molar-refractivity contribution in [2.45, 2.75) is 6.42 Å². The first kappa shape index (κ1) is 18.9. The molecule has 0 fully saturated rings. The predicted molar refractivity (Wildman–Crippen MR) is 119 cm³/mol. The predicted octanol–water partition coefficient (Wildman–Crippen LogP) is 5.13. The standard InChI is InChI=1S/C24H20N2O2S/c27-23(25-14-13-18-8-3-7-17-6-1-2-11-21(17)18)19-9-4-10-20(16-19)26-24(28)22-12-5-15-29-22/h1-12,15-16H,13-14H2,(H,25,27)(H,26,28). The molecule has 144 valence electrons. The first-order chi connectivity index (χ1) is 14.2. The number of thiophene rings is 1. The van der Waals surface area contributed by atoms with E-state index in [9.17, 15) is 9.59 Å². The summed E-state index contributed by atoms with van der Waals surface area (Å²) in [4.78, 5) is 25.4. The summed E-state index contributed by atoms with van der Waals surface area (Å²) in [6, 6.07) is 25.1. The van der Waals surface area contributed by atoms with Gasteiger partial charge in [0.25, 0.3) is 11.8 Å².